The molecule has 0 bridgehead atoms. The van der Waals surface area contributed by atoms with Crippen molar-refractivity contribution < 1.29 is 17.9 Å². The van der Waals surface area contributed by atoms with E-state index in [4.69, 9.17) is 16.3 Å². The Hall–Kier alpha value is -2.35. The maximum absolute atomic E-state index is 12.6. The summed E-state index contributed by atoms with van der Waals surface area (Å²) in [5.41, 5.74) is 1.31. The molecule has 28 heavy (non-hydrogen) atoms. The molecule has 2 aromatic rings. The number of carbonyl (C=O) groups excluding carboxylic acids is 1. The number of piperazine rings is 1. The molecule has 8 heteroatoms. The second-order valence-corrected chi connectivity index (χ2v) is 8.57. The van der Waals surface area contributed by atoms with Crippen LogP contribution in [0.25, 0.3) is 6.08 Å². The summed E-state index contributed by atoms with van der Waals surface area (Å²) in [6, 6.07) is 13.8. The van der Waals surface area contributed by atoms with Crippen molar-refractivity contribution in [1.82, 2.24) is 9.21 Å². The average Bonchev–Trinajstić information content (AvgIpc) is 2.73. The van der Waals surface area contributed by atoms with Gasteiger partial charge in [-0.3, -0.25) is 4.79 Å². The summed E-state index contributed by atoms with van der Waals surface area (Å²) in [5.74, 6) is 0.566. The Bertz CT molecular complexity index is 949. The van der Waals surface area contributed by atoms with Crippen LogP contribution in [0.15, 0.2) is 53.9 Å². The number of sulfonamides is 1. The molecule has 3 rings (SSSR count). The predicted octanol–water partition coefficient (Wildman–Crippen LogP) is 3.11. The number of hydrogen-bond donors (Lipinski definition) is 0. The van der Waals surface area contributed by atoms with Crippen LogP contribution in [0.1, 0.15) is 15.9 Å². The lowest BCUT2D eigenvalue weighted by molar-refractivity contribution is 0.0698. The SMILES string of the molecule is COc1ccc(C(=O)N2CCN(S(=O)(=O)/C=C/c3ccc(Cl)cc3)CC2)cc1. The summed E-state index contributed by atoms with van der Waals surface area (Å²) < 4.78 is 31.6. The van der Waals surface area contributed by atoms with Crippen LogP contribution >= 0.6 is 11.6 Å². The van der Waals surface area contributed by atoms with Gasteiger partial charge in [0.05, 0.1) is 7.11 Å². The highest BCUT2D eigenvalue weighted by atomic mass is 35.5. The van der Waals surface area contributed by atoms with Gasteiger partial charge in [0.25, 0.3) is 5.91 Å². The molecule has 0 saturated carbocycles. The van der Waals surface area contributed by atoms with E-state index in [1.54, 1.807) is 66.6 Å². The molecule has 1 aliphatic heterocycles. The first-order valence-corrected chi connectivity index (χ1v) is 10.6. The number of halogens is 1. The third-order valence-electron chi connectivity index (χ3n) is 4.53. The maximum atomic E-state index is 12.6. The van der Waals surface area contributed by atoms with Gasteiger partial charge in [0.15, 0.2) is 0 Å². The summed E-state index contributed by atoms with van der Waals surface area (Å²) in [6.45, 7) is 1.21. The fraction of sp³-hybridized carbons (Fsp3) is 0.250. The smallest absolute Gasteiger partial charge is 0.253 e. The Morgan fingerprint density at radius 3 is 2.18 bits per heavy atom. The largest absolute Gasteiger partial charge is 0.497 e. The molecule has 0 aromatic heterocycles. The number of methoxy groups -OCH3 is 1. The van der Waals surface area contributed by atoms with Gasteiger partial charge in [-0.1, -0.05) is 23.7 Å². The van der Waals surface area contributed by atoms with Crippen molar-refractivity contribution in [2.75, 3.05) is 33.3 Å². The van der Waals surface area contributed by atoms with Crippen LogP contribution in [-0.4, -0.2) is 56.8 Å². The first-order chi connectivity index (χ1) is 13.4. The van der Waals surface area contributed by atoms with Gasteiger partial charge in [-0.05, 0) is 48.0 Å². The van der Waals surface area contributed by atoms with Gasteiger partial charge >= 0.3 is 0 Å². The second kappa shape index (κ2) is 8.77. The third kappa shape index (κ3) is 4.92. The quantitative estimate of drug-likeness (QED) is 0.745. The number of rotatable bonds is 5. The summed E-state index contributed by atoms with van der Waals surface area (Å²) in [7, 11) is -1.98. The van der Waals surface area contributed by atoms with Crippen LogP contribution in [-0.2, 0) is 10.0 Å². The highest BCUT2D eigenvalue weighted by molar-refractivity contribution is 7.92. The van der Waals surface area contributed by atoms with E-state index in [0.29, 0.717) is 29.4 Å². The van der Waals surface area contributed by atoms with Crippen molar-refractivity contribution in [3.8, 4) is 5.75 Å². The first kappa shape index (κ1) is 20.4. The summed E-state index contributed by atoms with van der Waals surface area (Å²) in [4.78, 5) is 14.2. The Balaban J connectivity index is 1.60. The minimum atomic E-state index is -3.55. The molecule has 2 aromatic carbocycles. The van der Waals surface area contributed by atoms with Gasteiger partial charge in [-0.2, -0.15) is 4.31 Å². The highest BCUT2D eigenvalue weighted by Gasteiger charge is 2.27. The van der Waals surface area contributed by atoms with Crippen molar-refractivity contribution >= 4 is 33.6 Å². The standard InChI is InChI=1S/C20H21ClN2O4S/c1-27-19-8-4-17(5-9-19)20(24)22-11-13-23(14-12-22)28(25,26)15-10-16-2-6-18(21)7-3-16/h2-10,15H,11-14H2,1H3/b15-10+. The topological polar surface area (TPSA) is 66.9 Å². The van der Waals surface area contributed by atoms with Crippen molar-refractivity contribution in [3.63, 3.8) is 0 Å². The maximum Gasteiger partial charge on any atom is 0.253 e. The Morgan fingerprint density at radius 2 is 1.61 bits per heavy atom. The van der Waals surface area contributed by atoms with E-state index < -0.39 is 10.0 Å². The molecule has 0 radical (unpaired) electrons. The molecule has 1 aliphatic rings. The summed E-state index contributed by atoms with van der Waals surface area (Å²) >= 11 is 5.83. The van der Waals surface area contributed by atoms with Crippen LogP contribution in [0, 0.1) is 0 Å². The van der Waals surface area contributed by atoms with Crippen LogP contribution in [0.5, 0.6) is 5.75 Å². The minimum Gasteiger partial charge on any atom is -0.497 e. The van der Waals surface area contributed by atoms with Gasteiger partial charge in [0, 0.05) is 42.2 Å². The number of carbonyl (C=O) groups is 1. The van der Waals surface area contributed by atoms with Crippen LogP contribution < -0.4 is 4.74 Å². The van der Waals surface area contributed by atoms with Crippen LogP contribution in [0.2, 0.25) is 5.02 Å². The van der Waals surface area contributed by atoms with E-state index in [2.05, 4.69) is 0 Å². The average molecular weight is 421 g/mol. The number of benzene rings is 2. The molecule has 1 heterocycles. The van der Waals surface area contributed by atoms with Crippen molar-refractivity contribution in [1.29, 1.82) is 0 Å². The third-order valence-corrected chi connectivity index (χ3v) is 6.34. The van der Waals surface area contributed by atoms with E-state index in [9.17, 15) is 13.2 Å². The number of ether oxygens (including phenoxy) is 1. The molecule has 148 valence electrons. The molecule has 0 unspecified atom stereocenters. The first-order valence-electron chi connectivity index (χ1n) is 8.76. The van der Waals surface area contributed by atoms with Crippen molar-refractivity contribution in [2.45, 2.75) is 0 Å². The van der Waals surface area contributed by atoms with Gasteiger partial charge in [-0.25, -0.2) is 8.42 Å². The predicted molar refractivity (Wildman–Crippen MR) is 110 cm³/mol. The minimum absolute atomic E-state index is 0.114. The van der Waals surface area contributed by atoms with E-state index >= 15 is 0 Å². The van der Waals surface area contributed by atoms with E-state index in [1.165, 1.54) is 9.71 Å². The van der Waals surface area contributed by atoms with Crippen molar-refractivity contribution in [2.24, 2.45) is 0 Å². The lowest BCUT2D eigenvalue weighted by Crippen LogP contribution is -2.50. The zero-order valence-corrected chi connectivity index (χ0v) is 17.0. The van der Waals surface area contributed by atoms with E-state index in [1.807, 2.05) is 0 Å². The lowest BCUT2D eigenvalue weighted by Gasteiger charge is -2.33. The van der Waals surface area contributed by atoms with E-state index in [-0.39, 0.29) is 19.0 Å². The Labute approximate surface area is 170 Å². The fourth-order valence-electron chi connectivity index (χ4n) is 2.89. The molecule has 0 aliphatic carbocycles. The Kier molecular flexibility index (Phi) is 6.39. The van der Waals surface area contributed by atoms with Crippen LogP contribution in [0.3, 0.4) is 0 Å². The zero-order chi connectivity index (χ0) is 20.1. The van der Waals surface area contributed by atoms with Gasteiger partial charge in [0.1, 0.15) is 5.75 Å². The van der Waals surface area contributed by atoms with Gasteiger partial charge in [0.2, 0.25) is 10.0 Å². The molecular formula is C20H21ClN2O4S. The number of nitrogens with zero attached hydrogens (tertiary/aromatic N) is 2. The molecule has 1 saturated heterocycles. The second-order valence-electron chi connectivity index (χ2n) is 6.32. The monoisotopic (exact) mass is 420 g/mol. The molecule has 6 nitrogen and oxygen atoms in total. The van der Waals surface area contributed by atoms with Gasteiger partial charge in [-0.15, -0.1) is 0 Å². The van der Waals surface area contributed by atoms with E-state index in [0.717, 1.165) is 5.56 Å². The highest BCUT2D eigenvalue weighted by Crippen LogP contribution is 2.17. The molecule has 1 amide bonds. The van der Waals surface area contributed by atoms with Crippen LogP contribution in [0.4, 0.5) is 0 Å². The fourth-order valence-corrected chi connectivity index (χ4v) is 4.19. The molecule has 1 fully saturated rings. The summed E-state index contributed by atoms with van der Waals surface area (Å²) in [5, 5.41) is 1.79. The molecule has 0 atom stereocenters. The number of amides is 1. The van der Waals surface area contributed by atoms with Crippen molar-refractivity contribution in [3.05, 3.63) is 70.1 Å². The normalized spacial score (nSPS) is 15.7. The lowest BCUT2D eigenvalue weighted by atomic mass is 10.2. The number of hydrogen-bond acceptors (Lipinski definition) is 4. The molecule has 0 N–H and O–H groups in total. The van der Waals surface area contributed by atoms with Gasteiger partial charge < -0.3 is 9.64 Å². The zero-order valence-electron chi connectivity index (χ0n) is 15.4. The Morgan fingerprint density at radius 1 is 1.00 bits per heavy atom. The molecular weight excluding hydrogens is 400 g/mol. The molecule has 0 spiro atoms. The summed E-state index contributed by atoms with van der Waals surface area (Å²) in [6.07, 6.45) is 1.54.